The summed E-state index contributed by atoms with van der Waals surface area (Å²) in [4.78, 5) is 15.9. The first-order chi connectivity index (χ1) is 9.75. The van der Waals surface area contributed by atoms with Gasteiger partial charge >= 0.3 is 0 Å². The number of hydrogen-bond acceptors (Lipinski definition) is 3. The summed E-state index contributed by atoms with van der Waals surface area (Å²) in [6.07, 6.45) is 0.469. The van der Waals surface area contributed by atoms with Gasteiger partial charge in [0.1, 0.15) is 5.84 Å². The summed E-state index contributed by atoms with van der Waals surface area (Å²) in [6.45, 7) is 4.01. The first kappa shape index (κ1) is 13.1. The van der Waals surface area contributed by atoms with E-state index in [-0.39, 0.29) is 5.91 Å². The zero-order valence-corrected chi connectivity index (χ0v) is 11.5. The molecule has 2 aliphatic rings. The third-order valence-corrected chi connectivity index (χ3v) is 3.91. The fourth-order valence-corrected chi connectivity index (χ4v) is 2.74. The number of rotatable bonds is 3. The molecule has 0 unspecified atom stereocenters. The molecule has 20 heavy (non-hydrogen) atoms. The Bertz CT molecular complexity index is 524. The predicted molar refractivity (Wildman–Crippen MR) is 75.7 cm³/mol. The van der Waals surface area contributed by atoms with Gasteiger partial charge in [-0.05, 0) is 5.56 Å². The Labute approximate surface area is 118 Å². The van der Waals surface area contributed by atoms with Gasteiger partial charge in [-0.15, -0.1) is 0 Å². The molecular weight excluding hydrogens is 254 g/mol. The molecule has 0 bridgehead atoms. The number of morpholine rings is 1. The number of carbonyl (C=O) groups excluding carboxylic acids is 1. The summed E-state index contributed by atoms with van der Waals surface area (Å²) in [6, 6.07) is 7.97. The van der Waals surface area contributed by atoms with Crippen LogP contribution in [-0.2, 0) is 16.1 Å². The maximum atomic E-state index is 12.1. The Balaban J connectivity index is 1.55. The highest BCUT2D eigenvalue weighted by Gasteiger charge is 2.25. The largest absolute Gasteiger partial charge is 0.378 e. The Kier molecular flexibility index (Phi) is 3.69. The van der Waals surface area contributed by atoms with Crippen LogP contribution in [0.5, 0.6) is 0 Å². The fraction of sp³-hybridized carbons (Fsp3) is 0.467. The second kappa shape index (κ2) is 5.63. The smallest absolute Gasteiger partial charge is 0.224 e. The maximum Gasteiger partial charge on any atom is 0.224 e. The van der Waals surface area contributed by atoms with Crippen molar-refractivity contribution in [2.24, 2.45) is 0 Å². The van der Waals surface area contributed by atoms with Crippen LogP contribution in [0.25, 0.3) is 0 Å². The SMILES string of the molecule is N=C1c2ccccc2CN1CCC(=O)N1CCOCC1. The van der Waals surface area contributed by atoms with Crippen LogP contribution >= 0.6 is 0 Å². The van der Waals surface area contributed by atoms with E-state index in [9.17, 15) is 4.79 Å². The maximum absolute atomic E-state index is 12.1. The van der Waals surface area contributed by atoms with E-state index in [0.717, 1.165) is 12.1 Å². The van der Waals surface area contributed by atoms with Crippen LogP contribution in [0.1, 0.15) is 17.5 Å². The highest BCUT2D eigenvalue weighted by Crippen LogP contribution is 2.22. The molecule has 1 aromatic rings. The second-order valence-electron chi connectivity index (χ2n) is 5.17. The molecule has 0 radical (unpaired) electrons. The van der Waals surface area contributed by atoms with Gasteiger partial charge in [-0.25, -0.2) is 0 Å². The van der Waals surface area contributed by atoms with Crippen LogP contribution in [0.3, 0.4) is 0 Å². The Hall–Kier alpha value is -1.88. The Morgan fingerprint density at radius 3 is 2.75 bits per heavy atom. The molecule has 1 saturated heterocycles. The molecule has 0 spiro atoms. The van der Waals surface area contributed by atoms with Gasteiger partial charge in [0.25, 0.3) is 0 Å². The molecule has 5 heteroatoms. The molecule has 1 aromatic carbocycles. The highest BCUT2D eigenvalue weighted by atomic mass is 16.5. The molecule has 2 heterocycles. The summed E-state index contributed by atoms with van der Waals surface area (Å²) in [5.74, 6) is 0.701. The number of amides is 1. The molecule has 1 N–H and O–H groups in total. The third kappa shape index (κ3) is 2.54. The number of carbonyl (C=O) groups is 1. The molecule has 1 fully saturated rings. The first-order valence-electron chi connectivity index (χ1n) is 7.03. The van der Waals surface area contributed by atoms with Crippen molar-refractivity contribution in [2.45, 2.75) is 13.0 Å². The van der Waals surface area contributed by atoms with Crippen molar-refractivity contribution >= 4 is 11.7 Å². The van der Waals surface area contributed by atoms with E-state index in [4.69, 9.17) is 10.1 Å². The van der Waals surface area contributed by atoms with Crippen LogP contribution in [0.2, 0.25) is 0 Å². The lowest BCUT2D eigenvalue weighted by Crippen LogP contribution is -2.42. The van der Waals surface area contributed by atoms with Crippen LogP contribution in [0, 0.1) is 5.41 Å². The fourth-order valence-electron chi connectivity index (χ4n) is 2.74. The van der Waals surface area contributed by atoms with Crippen LogP contribution in [0.4, 0.5) is 0 Å². The molecule has 0 atom stereocenters. The van der Waals surface area contributed by atoms with Gasteiger partial charge in [-0.2, -0.15) is 0 Å². The number of hydrogen-bond donors (Lipinski definition) is 1. The van der Waals surface area contributed by atoms with Crippen molar-refractivity contribution in [1.29, 1.82) is 5.41 Å². The number of benzene rings is 1. The van der Waals surface area contributed by atoms with Crippen LogP contribution in [-0.4, -0.2) is 54.4 Å². The molecule has 2 aliphatic heterocycles. The van der Waals surface area contributed by atoms with Gasteiger partial charge in [0.2, 0.25) is 5.91 Å². The van der Waals surface area contributed by atoms with Crippen molar-refractivity contribution in [1.82, 2.24) is 9.80 Å². The quantitative estimate of drug-likeness (QED) is 0.896. The lowest BCUT2D eigenvalue weighted by Gasteiger charge is -2.28. The summed E-state index contributed by atoms with van der Waals surface area (Å²) >= 11 is 0. The lowest BCUT2D eigenvalue weighted by molar-refractivity contribution is -0.135. The zero-order valence-electron chi connectivity index (χ0n) is 11.5. The predicted octanol–water partition coefficient (Wildman–Crippen LogP) is 1.08. The van der Waals surface area contributed by atoms with Crippen molar-refractivity contribution in [3.05, 3.63) is 35.4 Å². The summed E-state index contributed by atoms with van der Waals surface area (Å²) in [7, 11) is 0. The zero-order chi connectivity index (χ0) is 13.9. The minimum Gasteiger partial charge on any atom is -0.378 e. The van der Waals surface area contributed by atoms with E-state index in [1.807, 2.05) is 34.1 Å². The standard InChI is InChI=1S/C15H19N3O2/c16-15-13-4-2-1-3-12(13)11-18(15)6-5-14(19)17-7-9-20-10-8-17/h1-4,16H,5-11H2. The van der Waals surface area contributed by atoms with E-state index in [2.05, 4.69) is 0 Å². The summed E-state index contributed by atoms with van der Waals surface area (Å²) in [5.41, 5.74) is 2.17. The van der Waals surface area contributed by atoms with Crippen molar-refractivity contribution in [3.8, 4) is 0 Å². The minimum atomic E-state index is 0.164. The topological polar surface area (TPSA) is 56.6 Å². The van der Waals surface area contributed by atoms with Gasteiger partial charge in [-0.3, -0.25) is 10.2 Å². The van der Waals surface area contributed by atoms with Crippen LogP contribution in [0.15, 0.2) is 24.3 Å². The molecule has 0 saturated carbocycles. The monoisotopic (exact) mass is 273 g/mol. The Morgan fingerprint density at radius 1 is 1.25 bits per heavy atom. The molecule has 5 nitrogen and oxygen atoms in total. The first-order valence-corrected chi connectivity index (χ1v) is 7.03. The normalized spacial score (nSPS) is 18.3. The lowest BCUT2D eigenvalue weighted by atomic mass is 10.1. The molecule has 0 aromatic heterocycles. The number of nitrogens with zero attached hydrogens (tertiary/aromatic N) is 2. The minimum absolute atomic E-state index is 0.164. The van der Waals surface area contributed by atoms with E-state index in [1.165, 1.54) is 5.56 Å². The molecule has 3 rings (SSSR count). The number of nitrogens with one attached hydrogen (secondary N) is 1. The average molecular weight is 273 g/mol. The number of fused-ring (bicyclic) bond motifs is 1. The average Bonchev–Trinajstić information content (AvgIpc) is 2.83. The molecule has 1 amide bonds. The van der Waals surface area contributed by atoms with Gasteiger partial charge in [0.15, 0.2) is 0 Å². The second-order valence-corrected chi connectivity index (χ2v) is 5.17. The van der Waals surface area contributed by atoms with E-state index in [0.29, 0.717) is 45.1 Å². The summed E-state index contributed by atoms with van der Waals surface area (Å²) < 4.78 is 5.25. The van der Waals surface area contributed by atoms with E-state index >= 15 is 0 Å². The van der Waals surface area contributed by atoms with Crippen molar-refractivity contribution in [2.75, 3.05) is 32.8 Å². The number of amidine groups is 1. The van der Waals surface area contributed by atoms with Gasteiger partial charge in [0.05, 0.1) is 13.2 Å². The molecule has 0 aliphatic carbocycles. The van der Waals surface area contributed by atoms with Crippen LogP contribution < -0.4 is 0 Å². The van der Waals surface area contributed by atoms with Gasteiger partial charge in [0, 0.05) is 38.2 Å². The van der Waals surface area contributed by atoms with E-state index in [1.54, 1.807) is 0 Å². The van der Waals surface area contributed by atoms with Crippen molar-refractivity contribution < 1.29 is 9.53 Å². The summed E-state index contributed by atoms with van der Waals surface area (Å²) in [5, 5.41) is 8.16. The third-order valence-electron chi connectivity index (χ3n) is 3.91. The van der Waals surface area contributed by atoms with Gasteiger partial charge < -0.3 is 14.5 Å². The Morgan fingerprint density at radius 2 is 2.00 bits per heavy atom. The molecular formula is C15H19N3O2. The molecule has 106 valence electrons. The van der Waals surface area contributed by atoms with Gasteiger partial charge in [-0.1, -0.05) is 24.3 Å². The van der Waals surface area contributed by atoms with Crippen molar-refractivity contribution in [3.63, 3.8) is 0 Å². The number of ether oxygens (including phenoxy) is 1. The highest BCUT2D eigenvalue weighted by molar-refractivity contribution is 6.00. The van der Waals surface area contributed by atoms with E-state index < -0.39 is 0 Å².